The first kappa shape index (κ1) is 11.5. The van der Waals surface area contributed by atoms with Gasteiger partial charge in [0, 0.05) is 29.2 Å². The number of rotatable bonds is 2. The van der Waals surface area contributed by atoms with Crippen molar-refractivity contribution in [3.63, 3.8) is 0 Å². The van der Waals surface area contributed by atoms with Crippen molar-refractivity contribution in [2.45, 2.75) is 18.8 Å². The molecule has 0 spiro atoms. The summed E-state index contributed by atoms with van der Waals surface area (Å²) in [5, 5.41) is 14.2. The van der Waals surface area contributed by atoms with Crippen LogP contribution in [0.5, 0.6) is 0 Å². The highest BCUT2D eigenvalue weighted by molar-refractivity contribution is 9.10. The Morgan fingerprint density at radius 2 is 2.44 bits per heavy atom. The van der Waals surface area contributed by atoms with E-state index >= 15 is 0 Å². The third-order valence-corrected chi connectivity index (χ3v) is 3.18. The van der Waals surface area contributed by atoms with Gasteiger partial charge in [0.2, 0.25) is 0 Å². The number of hydrogen-bond acceptors (Lipinski definition) is 4. The highest BCUT2D eigenvalue weighted by atomic mass is 79.9. The van der Waals surface area contributed by atoms with Crippen LogP contribution in [0.4, 0.5) is 5.69 Å². The van der Waals surface area contributed by atoms with E-state index in [1.807, 2.05) is 0 Å². The molecule has 1 aliphatic rings. The summed E-state index contributed by atoms with van der Waals surface area (Å²) in [6, 6.07) is 1.52. The summed E-state index contributed by atoms with van der Waals surface area (Å²) in [4.78, 5) is 14.8. The lowest BCUT2D eigenvalue weighted by Crippen LogP contribution is -2.29. The molecule has 1 aromatic heterocycles. The molecule has 1 N–H and O–H groups in total. The van der Waals surface area contributed by atoms with Gasteiger partial charge < -0.3 is 5.32 Å². The summed E-state index contributed by atoms with van der Waals surface area (Å²) in [5.41, 5.74) is 0.712. The number of nitro groups is 1. The minimum absolute atomic E-state index is 0.114. The maximum Gasteiger partial charge on any atom is 0.292 e. The molecule has 1 aliphatic heterocycles. The van der Waals surface area contributed by atoms with Gasteiger partial charge in [0.05, 0.1) is 4.92 Å². The average molecular weight is 286 g/mol. The second-order valence-corrected chi connectivity index (χ2v) is 4.77. The quantitative estimate of drug-likeness (QED) is 0.668. The molecule has 0 radical (unpaired) electrons. The van der Waals surface area contributed by atoms with Crippen LogP contribution in [0.15, 0.2) is 16.7 Å². The molecule has 0 aliphatic carbocycles. The van der Waals surface area contributed by atoms with Crippen molar-refractivity contribution in [1.29, 1.82) is 0 Å². The minimum Gasteiger partial charge on any atom is -0.316 e. The van der Waals surface area contributed by atoms with Crippen LogP contribution in [-0.4, -0.2) is 23.0 Å². The molecule has 1 fully saturated rings. The van der Waals surface area contributed by atoms with Crippen molar-refractivity contribution in [3.8, 4) is 0 Å². The highest BCUT2D eigenvalue weighted by Crippen LogP contribution is 2.30. The summed E-state index contributed by atoms with van der Waals surface area (Å²) >= 11 is 3.21. The van der Waals surface area contributed by atoms with Gasteiger partial charge in [0.15, 0.2) is 0 Å². The van der Waals surface area contributed by atoms with E-state index < -0.39 is 0 Å². The van der Waals surface area contributed by atoms with E-state index in [0.717, 1.165) is 25.9 Å². The molecule has 1 unspecified atom stereocenters. The lowest BCUT2D eigenvalue weighted by atomic mass is 9.95. The van der Waals surface area contributed by atoms with Crippen LogP contribution in [-0.2, 0) is 0 Å². The fourth-order valence-corrected chi connectivity index (χ4v) is 2.30. The van der Waals surface area contributed by atoms with Crippen LogP contribution < -0.4 is 5.32 Å². The first-order chi connectivity index (χ1) is 7.68. The van der Waals surface area contributed by atoms with E-state index in [2.05, 4.69) is 26.2 Å². The third-order valence-electron chi connectivity index (χ3n) is 2.74. The largest absolute Gasteiger partial charge is 0.316 e. The van der Waals surface area contributed by atoms with E-state index in [9.17, 15) is 10.1 Å². The number of aromatic nitrogens is 1. The van der Waals surface area contributed by atoms with Crippen molar-refractivity contribution in [2.24, 2.45) is 0 Å². The zero-order valence-corrected chi connectivity index (χ0v) is 10.2. The van der Waals surface area contributed by atoms with Gasteiger partial charge in [-0.25, -0.2) is 0 Å². The summed E-state index contributed by atoms with van der Waals surface area (Å²) in [5.74, 6) is 0.155. The predicted molar refractivity (Wildman–Crippen MR) is 63.4 cm³/mol. The molecule has 1 atom stereocenters. The van der Waals surface area contributed by atoms with Crippen LogP contribution in [0.3, 0.4) is 0 Å². The van der Waals surface area contributed by atoms with Gasteiger partial charge in [-0.1, -0.05) is 0 Å². The van der Waals surface area contributed by atoms with Crippen molar-refractivity contribution in [2.75, 3.05) is 13.1 Å². The zero-order valence-electron chi connectivity index (χ0n) is 8.65. The molecule has 2 heterocycles. The van der Waals surface area contributed by atoms with E-state index in [4.69, 9.17) is 0 Å². The molecule has 0 saturated carbocycles. The van der Waals surface area contributed by atoms with Gasteiger partial charge in [-0.15, -0.1) is 0 Å². The van der Waals surface area contributed by atoms with Gasteiger partial charge >= 0.3 is 0 Å². The number of piperidine rings is 1. The van der Waals surface area contributed by atoms with Gasteiger partial charge in [0.1, 0.15) is 5.69 Å². The van der Waals surface area contributed by atoms with E-state index in [-0.39, 0.29) is 16.5 Å². The lowest BCUT2D eigenvalue weighted by Gasteiger charge is -2.21. The monoisotopic (exact) mass is 285 g/mol. The number of pyridine rings is 1. The van der Waals surface area contributed by atoms with Gasteiger partial charge in [-0.05, 0) is 35.3 Å². The molecule has 0 aromatic carbocycles. The highest BCUT2D eigenvalue weighted by Gasteiger charge is 2.25. The maximum absolute atomic E-state index is 10.9. The molecular formula is C10H12BrN3O2. The van der Waals surface area contributed by atoms with Crippen LogP contribution >= 0.6 is 15.9 Å². The molecule has 16 heavy (non-hydrogen) atoms. The molecule has 5 nitrogen and oxygen atoms in total. The first-order valence-corrected chi connectivity index (χ1v) is 5.98. The summed E-state index contributed by atoms with van der Waals surface area (Å²) in [7, 11) is 0. The van der Waals surface area contributed by atoms with Crippen molar-refractivity contribution >= 4 is 21.6 Å². The van der Waals surface area contributed by atoms with Crippen LogP contribution in [0, 0.1) is 10.1 Å². The summed E-state index contributed by atoms with van der Waals surface area (Å²) in [6.07, 6.45) is 3.62. The second kappa shape index (κ2) is 4.88. The fraction of sp³-hybridized carbons (Fsp3) is 0.500. The number of hydrogen-bond donors (Lipinski definition) is 1. The third kappa shape index (κ3) is 2.38. The van der Waals surface area contributed by atoms with Gasteiger partial charge in [-0.3, -0.25) is 15.1 Å². The zero-order chi connectivity index (χ0) is 11.5. The molecule has 2 rings (SSSR count). The maximum atomic E-state index is 10.9. The Balaban J connectivity index is 2.34. The lowest BCUT2D eigenvalue weighted by molar-refractivity contribution is -0.386. The van der Waals surface area contributed by atoms with Crippen LogP contribution in [0.1, 0.15) is 24.5 Å². The van der Waals surface area contributed by atoms with Gasteiger partial charge in [0.25, 0.3) is 5.69 Å². The number of nitrogens with zero attached hydrogens (tertiary/aromatic N) is 2. The van der Waals surface area contributed by atoms with Crippen molar-refractivity contribution in [3.05, 3.63) is 32.5 Å². The van der Waals surface area contributed by atoms with Crippen LogP contribution in [0.2, 0.25) is 0 Å². The van der Waals surface area contributed by atoms with Crippen molar-refractivity contribution < 1.29 is 4.92 Å². The normalized spacial score (nSPS) is 20.7. The molecular weight excluding hydrogens is 274 g/mol. The smallest absolute Gasteiger partial charge is 0.292 e. The molecule has 0 bridgehead atoms. The molecule has 1 aromatic rings. The first-order valence-electron chi connectivity index (χ1n) is 5.19. The SMILES string of the molecule is O=[N+]([O-])c1cc(Br)cnc1C1CCCNC1. The topological polar surface area (TPSA) is 68.1 Å². The summed E-state index contributed by atoms with van der Waals surface area (Å²) < 4.78 is 0.645. The predicted octanol–water partition coefficient (Wildman–Crippen LogP) is 2.22. The Labute approximate surface area is 102 Å². The summed E-state index contributed by atoms with van der Waals surface area (Å²) in [6.45, 7) is 1.76. The number of nitrogens with one attached hydrogen (secondary N) is 1. The Hall–Kier alpha value is -1.01. The molecule has 0 amide bonds. The molecule has 86 valence electrons. The minimum atomic E-state index is -0.359. The van der Waals surface area contributed by atoms with Gasteiger partial charge in [-0.2, -0.15) is 0 Å². The van der Waals surface area contributed by atoms with E-state index in [1.54, 1.807) is 6.20 Å². The second-order valence-electron chi connectivity index (χ2n) is 3.86. The Kier molecular flexibility index (Phi) is 3.50. The van der Waals surface area contributed by atoms with E-state index in [1.165, 1.54) is 6.07 Å². The average Bonchev–Trinajstić information content (AvgIpc) is 2.30. The van der Waals surface area contributed by atoms with E-state index in [0.29, 0.717) is 10.2 Å². The fourth-order valence-electron chi connectivity index (χ4n) is 1.99. The number of halogens is 1. The Morgan fingerprint density at radius 3 is 3.06 bits per heavy atom. The molecule has 6 heteroatoms. The standard InChI is InChI=1S/C10H12BrN3O2/c11-8-4-9(14(15)16)10(13-6-8)7-2-1-3-12-5-7/h4,6-7,12H,1-3,5H2. The Morgan fingerprint density at radius 1 is 1.62 bits per heavy atom. The Bertz CT molecular complexity index is 405. The molecule has 1 saturated heterocycles. The van der Waals surface area contributed by atoms with Crippen LogP contribution in [0.25, 0.3) is 0 Å². The van der Waals surface area contributed by atoms with Crippen molar-refractivity contribution in [1.82, 2.24) is 10.3 Å².